The van der Waals surface area contributed by atoms with E-state index in [4.69, 9.17) is 16.3 Å². The number of rotatable bonds is 10. The van der Waals surface area contributed by atoms with Gasteiger partial charge in [0.15, 0.2) is 0 Å². The number of thioether (sulfide) groups is 1. The molecule has 2 aromatic carbocycles. The SMILES string of the molecule is C#CCSCCNC(=O)C(CC(=O)O)NC(=O)OCC1c2ccccc2-c2ccccc21. The summed E-state index contributed by atoms with van der Waals surface area (Å²) in [6.07, 6.45) is 3.78. The lowest BCUT2D eigenvalue weighted by molar-refractivity contribution is -0.139. The van der Waals surface area contributed by atoms with Crippen molar-refractivity contribution in [2.75, 3.05) is 24.7 Å². The highest BCUT2D eigenvalue weighted by Crippen LogP contribution is 2.44. The molecule has 0 spiro atoms. The number of benzene rings is 2. The molecule has 0 saturated carbocycles. The molecule has 0 fully saturated rings. The predicted molar refractivity (Wildman–Crippen MR) is 123 cm³/mol. The van der Waals surface area contributed by atoms with Crippen LogP contribution in [-0.2, 0) is 14.3 Å². The van der Waals surface area contributed by atoms with Crippen molar-refractivity contribution in [1.82, 2.24) is 10.6 Å². The van der Waals surface area contributed by atoms with E-state index in [9.17, 15) is 14.4 Å². The Hall–Kier alpha value is -3.44. The summed E-state index contributed by atoms with van der Waals surface area (Å²) in [6.45, 7) is 0.387. The summed E-state index contributed by atoms with van der Waals surface area (Å²) in [5, 5.41) is 14.1. The molecule has 0 aliphatic heterocycles. The van der Waals surface area contributed by atoms with Crippen LogP contribution in [0.25, 0.3) is 11.1 Å². The first-order valence-electron chi connectivity index (χ1n) is 10.1. The molecule has 1 aliphatic rings. The van der Waals surface area contributed by atoms with Crippen LogP contribution in [0.2, 0.25) is 0 Å². The number of aliphatic carboxylic acids is 1. The van der Waals surface area contributed by atoms with E-state index in [1.54, 1.807) is 0 Å². The normalized spacial score (nSPS) is 12.7. The van der Waals surface area contributed by atoms with Crippen molar-refractivity contribution in [3.05, 3.63) is 59.7 Å². The minimum Gasteiger partial charge on any atom is -0.481 e. The van der Waals surface area contributed by atoms with Crippen LogP contribution in [-0.4, -0.2) is 53.8 Å². The Morgan fingerprint density at radius 2 is 1.72 bits per heavy atom. The molecular formula is C24H24N2O5S. The lowest BCUT2D eigenvalue weighted by atomic mass is 9.98. The lowest BCUT2D eigenvalue weighted by Gasteiger charge is -2.18. The third-order valence-electron chi connectivity index (χ3n) is 5.06. The Morgan fingerprint density at radius 1 is 1.09 bits per heavy atom. The maximum atomic E-state index is 12.4. The number of carboxylic acid groups (broad SMARTS) is 1. The monoisotopic (exact) mass is 452 g/mol. The zero-order chi connectivity index (χ0) is 22.9. The molecule has 1 atom stereocenters. The number of fused-ring (bicyclic) bond motifs is 3. The fraction of sp³-hybridized carbons (Fsp3) is 0.292. The molecule has 1 unspecified atom stereocenters. The fourth-order valence-corrected chi connectivity index (χ4v) is 4.18. The molecule has 7 nitrogen and oxygen atoms in total. The van der Waals surface area contributed by atoms with Crippen LogP contribution in [0, 0.1) is 12.3 Å². The average molecular weight is 453 g/mol. The molecule has 3 N–H and O–H groups in total. The van der Waals surface area contributed by atoms with Gasteiger partial charge in [0, 0.05) is 18.2 Å². The summed E-state index contributed by atoms with van der Waals surface area (Å²) in [5.74, 6) is 1.67. The standard InChI is InChI=1S/C24H24N2O5S/c1-2-12-32-13-11-25-23(29)21(14-22(27)28)26-24(30)31-15-20-18-9-5-3-7-16(18)17-8-4-6-10-19(17)20/h1,3-10,20-21H,11-15H2,(H,25,29)(H,26,30)(H,27,28). The van der Waals surface area contributed by atoms with Crippen LogP contribution in [0.4, 0.5) is 4.79 Å². The molecule has 0 heterocycles. The fourth-order valence-electron chi connectivity index (χ4n) is 3.67. The predicted octanol–water partition coefficient (Wildman–Crippen LogP) is 2.85. The van der Waals surface area contributed by atoms with E-state index in [1.807, 2.05) is 48.5 Å². The van der Waals surface area contributed by atoms with Gasteiger partial charge in [0.25, 0.3) is 0 Å². The number of carbonyl (C=O) groups is 3. The molecular weight excluding hydrogens is 428 g/mol. The second kappa shape index (κ2) is 11.3. The van der Waals surface area contributed by atoms with Crippen LogP contribution in [0.5, 0.6) is 0 Å². The van der Waals surface area contributed by atoms with Crippen molar-refractivity contribution in [2.24, 2.45) is 0 Å². The van der Waals surface area contributed by atoms with E-state index in [0.717, 1.165) is 22.3 Å². The highest BCUT2D eigenvalue weighted by molar-refractivity contribution is 7.99. The van der Waals surface area contributed by atoms with Gasteiger partial charge in [-0.15, -0.1) is 18.2 Å². The van der Waals surface area contributed by atoms with E-state index in [1.165, 1.54) is 11.8 Å². The number of terminal acetylenes is 1. The molecule has 0 radical (unpaired) electrons. The van der Waals surface area contributed by atoms with Gasteiger partial charge in [0.1, 0.15) is 12.6 Å². The van der Waals surface area contributed by atoms with Crippen LogP contribution >= 0.6 is 11.8 Å². The van der Waals surface area contributed by atoms with Gasteiger partial charge >= 0.3 is 12.1 Å². The second-order valence-corrected chi connectivity index (χ2v) is 8.27. The van der Waals surface area contributed by atoms with Gasteiger partial charge in [-0.25, -0.2) is 4.79 Å². The van der Waals surface area contributed by atoms with Crippen LogP contribution in [0.3, 0.4) is 0 Å². The lowest BCUT2D eigenvalue weighted by Crippen LogP contribution is -2.48. The van der Waals surface area contributed by atoms with Gasteiger partial charge in [-0.05, 0) is 22.3 Å². The van der Waals surface area contributed by atoms with Crippen molar-refractivity contribution in [2.45, 2.75) is 18.4 Å². The van der Waals surface area contributed by atoms with Crippen LogP contribution in [0.1, 0.15) is 23.5 Å². The van der Waals surface area contributed by atoms with Gasteiger partial charge in [-0.3, -0.25) is 9.59 Å². The maximum Gasteiger partial charge on any atom is 0.407 e. The van der Waals surface area contributed by atoms with E-state index in [0.29, 0.717) is 18.1 Å². The largest absolute Gasteiger partial charge is 0.481 e. The first-order valence-corrected chi connectivity index (χ1v) is 11.3. The van der Waals surface area contributed by atoms with Crippen molar-refractivity contribution in [3.63, 3.8) is 0 Å². The summed E-state index contributed by atoms with van der Waals surface area (Å²) in [6, 6.07) is 14.6. The number of nitrogens with one attached hydrogen (secondary N) is 2. The quantitative estimate of drug-likeness (QED) is 0.378. The first-order chi connectivity index (χ1) is 15.5. The van der Waals surface area contributed by atoms with Gasteiger partial charge in [-0.2, -0.15) is 0 Å². The number of alkyl carbamates (subject to hydrolysis) is 1. The summed E-state index contributed by atoms with van der Waals surface area (Å²) in [4.78, 5) is 35.9. The molecule has 166 valence electrons. The Kier molecular flexibility index (Phi) is 8.17. The molecule has 32 heavy (non-hydrogen) atoms. The minimum absolute atomic E-state index is 0.0734. The van der Waals surface area contributed by atoms with Gasteiger partial charge in [0.05, 0.1) is 12.2 Å². The Balaban J connectivity index is 1.59. The molecule has 2 aromatic rings. The molecule has 0 saturated heterocycles. The maximum absolute atomic E-state index is 12.4. The molecule has 3 rings (SSSR count). The van der Waals surface area contributed by atoms with Crippen molar-refractivity contribution in [1.29, 1.82) is 0 Å². The zero-order valence-corrected chi connectivity index (χ0v) is 18.2. The third-order valence-corrected chi connectivity index (χ3v) is 5.93. The molecule has 2 amide bonds. The summed E-state index contributed by atoms with van der Waals surface area (Å²) in [5.41, 5.74) is 4.32. The topological polar surface area (TPSA) is 105 Å². The summed E-state index contributed by atoms with van der Waals surface area (Å²) < 4.78 is 5.41. The van der Waals surface area contributed by atoms with Gasteiger partial charge in [0.2, 0.25) is 5.91 Å². The van der Waals surface area contributed by atoms with Crippen molar-refractivity contribution >= 4 is 29.7 Å². The summed E-state index contributed by atoms with van der Waals surface area (Å²) in [7, 11) is 0. The second-order valence-electron chi connectivity index (χ2n) is 7.17. The molecule has 8 heteroatoms. The van der Waals surface area contributed by atoms with E-state index in [2.05, 4.69) is 16.6 Å². The molecule has 0 aromatic heterocycles. The highest BCUT2D eigenvalue weighted by Gasteiger charge is 2.30. The smallest absolute Gasteiger partial charge is 0.407 e. The molecule has 0 bridgehead atoms. The van der Waals surface area contributed by atoms with Crippen LogP contribution in [0.15, 0.2) is 48.5 Å². The number of carbonyl (C=O) groups excluding carboxylic acids is 2. The van der Waals surface area contributed by atoms with E-state index >= 15 is 0 Å². The Bertz CT molecular complexity index is 988. The van der Waals surface area contributed by atoms with Crippen molar-refractivity contribution in [3.8, 4) is 23.5 Å². The number of ether oxygens (including phenoxy) is 1. The summed E-state index contributed by atoms with van der Waals surface area (Å²) >= 11 is 1.47. The number of carboxylic acids is 1. The van der Waals surface area contributed by atoms with Gasteiger partial charge < -0.3 is 20.5 Å². The minimum atomic E-state index is -1.24. The van der Waals surface area contributed by atoms with Crippen LogP contribution < -0.4 is 10.6 Å². The number of hydrogen-bond acceptors (Lipinski definition) is 5. The van der Waals surface area contributed by atoms with Gasteiger partial charge in [-0.1, -0.05) is 54.5 Å². The number of hydrogen-bond donors (Lipinski definition) is 3. The first kappa shape index (κ1) is 23.2. The van der Waals surface area contributed by atoms with Crippen molar-refractivity contribution < 1.29 is 24.2 Å². The highest BCUT2D eigenvalue weighted by atomic mass is 32.2. The van der Waals surface area contributed by atoms with E-state index < -0.39 is 30.4 Å². The average Bonchev–Trinajstić information content (AvgIpc) is 3.10. The Labute approximate surface area is 190 Å². The number of amides is 2. The molecule has 1 aliphatic carbocycles. The zero-order valence-electron chi connectivity index (χ0n) is 17.4. The van der Waals surface area contributed by atoms with E-state index in [-0.39, 0.29) is 12.5 Å². The third kappa shape index (κ3) is 5.83. The Morgan fingerprint density at radius 3 is 2.31 bits per heavy atom.